The molecule has 0 heterocycles. The fourth-order valence-electron chi connectivity index (χ4n) is 0.953. The Morgan fingerprint density at radius 2 is 1.39 bits per heavy atom. The van der Waals surface area contributed by atoms with Crippen LogP contribution in [0.4, 0.5) is 0 Å². The third-order valence-electron chi connectivity index (χ3n) is 1.57. The smallest absolute Gasteiger partial charge is 0.415 e. The molecule has 0 saturated carbocycles. The van der Waals surface area contributed by atoms with Crippen molar-refractivity contribution in [3.05, 3.63) is 35.9 Å². The van der Waals surface area contributed by atoms with E-state index in [2.05, 4.69) is 117 Å². The molecule has 0 aliphatic rings. The molecule has 0 spiro atoms. The summed E-state index contributed by atoms with van der Waals surface area (Å²) < 4.78 is 0.250. The molecule has 128 valence electrons. The molecule has 0 unspecified atom stereocenters. The van der Waals surface area contributed by atoms with E-state index in [0.717, 1.165) is 0 Å². The fraction of sp³-hybridized carbons (Fsp3) is 0.308. The predicted molar refractivity (Wildman–Crippen MR) is 116 cm³/mol. The van der Waals surface area contributed by atoms with Gasteiger partial charge in [-0.1, -0.05) is 39.1 Å². The van der Waals surface area contributed by atoms with Crippen molar-refractivity contribution in [3.8, 4) is 0 Å². The van der Waals surface area contributed by atoms with Crippen LogP contribution in [0.1, 0.15) is 25.3 Å². The zero-order chi connectivity index (χ0) is 18.0. The summed E-state index contributed by atoms with van der Waals surface area (Å²) in [4.78, 5) is 0. The summed E-state index contributed by atoms with van der Waals surface area (Å²) in [7, 11) is 0. The molecule has 0 aromatic heterocycles. The second kappa shape index (κ2) is 24.5. The van der Waals surface area contributed by atoms with Gasteiger partial charge in [0.1, 0.15) is 0 Å². The number of unbranched alkanes of at least 4 members (excludes halogenated alkanes) is 1. The topological polar surface area (TPSA) is 78.1 Å². The first-order valence-electron chi connectivity index (χ1n) is 5.98. The van der Waals surface area contributed by atoms with Crippen molar-refractivity contribution in [2.75, 3.05) is 0 Å². The Hall–Kier alpha value is 0.238. The summed E-state index contributed by atoms with van der Waals surface area (Å²) in [6, 6.07) is 11.4. The van der Waals surface area contributed by atoms with Crippen LogP contribution in [-0.4, -0.2) is 13.0 Å². The van der Waals surface area contributed by atoms with E-state index in [0.29, 0.717) is 0 Å². The largest absolute Gasteiger partial charge is 4.00 e. The van der Waals surface area contributed by atoms with E-state index in [1.165, 1.54) is 24.8 Å². The van der Waals surface area contributed by atoms with Crippen molar-refractivity contribution in [1.82, 2.24) is 0 Å². The normalized spacial score (nSPS) is 7.35. The van der Waals surface area contributed by atoms with Crippen LogP contribution in [0.15, 0.2) is 24.3 Å². The van der Waals surface area contributed by atoms with E-state index in [9.17, 15) is 0 Å². The van der Waals surface area contributed by atoms with Crippen LogP contribution in [0.25, 0.3) is 0 Å². The van der Waals surface area contributed by atoms with Crippen molar-refractivity contribution in [1.29, 1.82) is 0 Å². The van der Waals surface area contributed by atoms with Gasteiger partial charge in [-0.25, -0.2) is 0 Å². The van der Waals surface area contributed by atoms with Gasteiger partial charge in [0.2, 0.25) is 0 Å². The quantitative estimate of drug-likeness (QED) is 0.248. The summed E-state index contributed by atoms with van der Waals surface area (Å²) in [5.74, 6) is 0. The molecule has 1 aromatic rings. The molecule has 3 nitrogen and oxygen atoms in total. The van der Waals surface area contributed by atoms with Gasteiger partial charge in [-0.15, -0.1) is 0 Å². The first-order valence-corrected chi connectivity index (χ1v) is 8.43. The monoisotopic (exact) mass is 507 g/mol. The van der Waals surface area contributed by atoms with Gasteiger partial charge in [0, 0.05) is 0 Å². The van der Waals surface area contributed by atoms with Gasteiger partial charge in [0.15, 0.2) is 0 Å². The zero-order valence-corrected chi connectivity index (χ0v) is 19.4. The molecule has 1 rings (SSSR count). The molecule has 10 heteroatoms. The first kappa shape index (κ1) is 31.1. The van der Waals surface area contributed by atoms with E-state index in [4.69, 9.17) is 0 Å². The molecular weight excluding hydrogens is 487 g/mol. The van der Waals surface area contributed by atoms with E-state index in [1.54, 1.807) is 0 Å². The van der Waals surface area contributed by atoms with Crippen molar-refractivity contribution in [3.63, 3.8) is 0 Å². The molecule has 0 saturated heterocycles. The van der Waals surface area contributed by atoms with Gasteiger partial charge in [-0.3, -0.25) is 0 Å². The number of hydrogen-bond donors (Lipinski definition) is 3. The number of thiocarbonyl (C=S) groups is 3. The van der Waals surface area contributed by atoms with Gasteiger partial charge in [-0.2, -0.15) is 35.9 Å². The minimum atomic E-state index is 0. The third kappa shape index (κ3) is 60.8. The molecule has 0 radical (unpaired) electrons. The van der Waals surface area contributed by atoms with Crippen LogP contribution < -0.4 is 17.2 Å². The molecule has 0 fully saturated rings. The maximum Gasteiger partial charge on any atom is 4.00 e. The SMILES string of the molecule is CCCCc1[c-]cccc1.NC(=S)[S-].NC(=S)[S-].NC(=S)[S-].[Mo+4]. The Kier molecular flexibility index (Phi) is 33.1. The van der Waals surface area contributed by atoms with E-state index < -0.39 is 0 Å². The van der Waals surface area contributed by atoms with Crippen LogP contribution in [0.3, 0.4) is 0 Å². The summed E-state index contributed by atoms with van der Waals surface area (Å²) in [6.07, 6.45) is 3.72. The second-order valence-corrected chi connectivity index (χ2v) is 6.86. The number of benzene rings is 1. The van der Waals surface area contributed by atoms with Gasteiger partial charge in [0.05, 0.1) is 0 Å². The maximum absolute atomic E-state index is 4.66. The van der Waals surface area contributed by atoms with Crippen LogP contribution in [0.5, 0.6) is 0 Å². The number of rotatable bonds is 3. The first-order chi connectivity index (χ1) is 10.1. The number of hydrogen-bond acceptors (Lipinski definition) is 6. The van der Waals surface area contributed by atoms with Crippen molar-refractivity contribution >= 4 is 87.5 Å². The minimum absolute atomic E-state index is 0. The molecule has 0 amide bonds. The van der Waals surface area contributed by atoms with Crippen LogP contribution in [0, 0.1) is 6.07 Å². The van der Waals surface area contributed by atoms with Crippen LogP contribution in [0.2, 0.25) is 0 Å². The molecule has 6 N–H and O–H groups in total. The van der Waals surface area contributed by atoms with E-state index in [-0.39, 0.29) is 34.0 Å². The fourth-order valence-corrected chi connectivity index (χ4v) is 0.953. The summed E-state index contributed by atoms with van der Waals surface area (Å²) in [5.41, 5.74) is 15.3. The number of aryl methyl sites for hydroxylation is 1. The van der Waals surface area contributed by atoms with Gasteiger partial charge in [0.25, 0.3) is 0 Å². The third-order valence-corrected chi connectivity index (χ3v) is 1.57. The van der Waals surface area contributed by atoms with Crippen molar-refractivity contribution in [2.24, 2.45) is 17.2 Å². The van der Waals surface area contributed by atoms with Gasteiger partial charge < -0.3 is 91.7 Å². The molecule has 23 heavy (non-hydrogen) atoms. The van der Waals surface area contributed by atoms with Crippen molar-refractivity contribution in [2.45, 2.75) is 26.2 Å². The summed E-state index contributed by atoms with van der Waals surface area (Å²) >= 11 is 24.8. The Bertz CT molecular complexity index is 377. The standard InChI is InChI=1S/C10H13.3CH3NS2.Mo/c1-2-3-7-10-8-5-4-6-9-10;3*2-1(3)4;/h4-6,8H,2-3,7H2,1H3;3*(H3,2,3,4);/q-1;;;;+4/p-3. The van der Waals surface area contributed by atoms with Gasteiger partial charge in [-0.05, 0) is 0 Å². The molecule has 1 aromatic carbocycles. The van der Waals surface area contributed by atoms with Crippen LogP contribution in [-0.2, 0) is 65.4 Å². The van der Waals surface area contributed by atoms with Gasteiger partial charge >= 0.3 is 21.1 Å². The Labute approximate surface area is 186 Å². The van der Waals surface area contributed by atoms with E-state index >= 15 is 0 Å². The Balaban J connectivity index is -0.000000118. The summed E-state index contributed by atoms with van der Waals surface area (Å²) in [6.45, 7) is 2.21. The molecular formula is C13H19MoN3S6. The minimum Gasteiger partial charge on any atom is -0.415 e. The van der Waals surface area contributed by atoms with Crippen LogP contribution >= 0.6 is 36.7 Å². The second-order valence-electron chi connectivity index (χ2n) is 3.45. The molecule has 0 atom stereocenters. The average Bonchev–Trinajstić information content (AvgIpc) is 2.35. The van der Waals surface area contributed by atoms with E-state index in [1.807, 2.05) is 12.1 Å². The molecule has 0 aliphatic carbocycles. The maximum atomic E-state index is 4.66. The average molecular weight is 506 g/mol. The van der Waals surface area contributed by atoms with Crippen molar-refractivity contribution < 1.29 is 21.1 Å². The molecule has 0 aliphatic heterocycles. The zero-order valence-electron chi connectivity index (χ0n) is 12.5. The number of nitrogens with two attached hydrogens (primary N) is 3. The summed E-state index contributed by atoms with van der Waals surface area (Å²) in [5, 5.41) is 0. The Morgan fingerprint density at radius 1 is 1.00 bits per heavy atom. The Morgan fingerprint density at radius 3 is 1.65 bits per heavy atom. The predicted octanol–water partition coefficient (Wildman–Crippen LogP) is 2.16. The molecule has 0 bridgehead atoms.